The van der Waals surface area contributed by atoms with E-state index in [0.717, 1.165) is 0 Å². The van der Waals surface area contributed by atoms with Crippen LogP contribution in [0.15, 0.2) is 30.3 Å². The van der Waals surface area contributed by atoms with Crippen LogP contribution in [0.1, 0.15) is 0 Å². The second-order valence-electron chi connectivity index (χ2n) is 3.09. The summed E-state index contributed by atoms with van der Waals surface area (Å²) in [4.78, 5) is 28.3. The van der Waals surface area contributed by atoms with Gasteiger partial charge >= 0.3 is 0 Å². The fourth-order valence-electron chi connectivity index (χ4n) is 1.08. The van der Waals surface area contributed by atoms with Crippen molar-refractivity contribution in [3.8, 4) is 5.75 Å². The van der Waals surface area contributed by atoms with Gasteiger partial charge in [-0.3, -0.25) is 0 Å². The average Bonchev–Trinajstić information content (AvgIpc) is 2.33. The average molecular weight is 258 g/mol. The van der Waals surface area contributed by atoms with Crippen molar-refractivity contribution in [2.75, 3.05) is 13.2 Å². The molecule has 0 heterocycles. The van der Waals surface area contributed by atoms with Crippen LogP contribution in [0.4, 0.5) is 0 Å². The topological polar surface area (TPSA) is 114 Å². The van der Waals surface area contributed by atoms with Crippen LogP contribution in [-0.2, 0) is 9.68 Å². The molecule has 0 saturated heterocycles. The molecule has 0 aliphatic carbocycles. The van der Waals surface area contributed by atoms with E-state index in [1.54, 1.807) is 30.3 Å². The lowest BCUT2D eigenvalue weighted by Gasteiger charge is -2.14. The van der Waals surface area contributed by atoms with E-state index in [1.807, 2.05) is 0 Å². The molecule has 1 rings (SSSR count). The third kappa shape index (κ3) is 5.49. The van der Waals surface area contributed by atoms with Gasteiger partial charge in [0, 0.05) is 0 Å². The molecule has 0 saturated carbocycles. The molecule has 0 aliphatic heterocycles. The van der Waals surface area contributed by atoms with E-state index in [-0.39, 0.29) is 6.61 Å². The summed E-state index contributed by atoms with van der Waals surface area (Å²) in [6, 6.07) is 8.47. The van der Waals surface area contributed by atoms with Crippen molar-refractivity contribution < 1.29 is 24.6 Å². The highest BCUT2D eigenvalue weighted by atomic mass is 17.0. The van der Waals surface area contributed by atoms with E-state index >= 15 is 0 Å². The molecule has 0 amide bonds. The predicted octanol–water partition coefficient (Wildman–Crippen LogP) is 0.851. The summed E-state index contributed by atoms with van der Waals surface area (Å²) in [5, 5.41) is 18.0. The molecule has 1 aromatic rings. The largest absolute Gasteiger partial charge is 0.491 e. The Morgan fingerprint density at radius 3 is 2.28 bits per heavy atom. The van der Waals surface area contributed by atoms with Crippen molar-refractivity contribution in [1.29, 1.82) is 0 Å². The van der Waals surface area contributed by atoms with Gasteiger partial charge < -0.3 is 14.4 Å². The molecular formula is C9H10N2O7. The summed E-state index contributed by atoms with van der Waals surface area (Å²) in [5.41, 5.74) is 0. The molecule has 1 unspecified atom stereocenters. The Hall–Kier alpha value is -2.58. The first-order chi connectivity index (χ1) is 8.58. The third-order valence-electron chi connectivity index (χ3n) is 1.78. The van der Waals surface area contributed by atoms with Crippen LogP contribution in [0.2, 0.25) is 0 Å². The summed E-state index contributed by atoms with van der Waals surface area (Å²) in [6.45, 7) is -0.820. The molecule has 0 aliphatic rings. The Morgan fingerprint density at radius 1 is 1.06 bits per heavy atom. The van der Waals surface area contributed by atoms with E-state index in [1.165, 1.54) is 0 Å². The Balaban J connectivity index is 2.45. The Bertz CT molecular complexity index is 397. The molecular weight excluding hydrogens is 248 g/mol. The second kappa shape index (κ2) is 6.89. The van der Waals surface area contributed by atoms with E-state index in [9.17, 15) is 20.2 Å². The van der Waals surface area contributed by atoms with Gasteiger partial charge in [-0.15, -0.1) is 20.2 Å². The number of rotatable bonds is 8. The normalized spacial score (nSPS) is 11.3. The zero-order valence-electron chi connectivity index (χ0n) is 9.13. The maximum Gasteiger partial charge on any atom is 0.294 e. The minimum Gasteiger partial charge on any atom is -0.491 e. The van der Waals surface area contributed by atoms with Crippen molar-refractivity contribution in [2.45, 2.75) is 6.10 Å². The van der Waals surface area contributed by atoms with Crippen LogP contribution >= 0.6 is 0 Å². The van der Waals surface area contributed by atoms with E-state index in [4.69, 9.17) is 4.74 Å². The fraction of sp³-hybridized carbons (Fsp3) is 0.333. The van der Waals surface area contributed by atoms with E-state index in [2.05, 4.69) is 9.68 Å². The summed E-state index contributed by atoms with van der Waals surface area (Å²) < 4.78 is 5.17. The SMILES string of the molecule is O=[N+]([O-])OCC(COc1ccccc1)O[N+](=O)[O-]. The van der Waals surface area contributed by atoms with Crippen LogP contribution in [-0.4, -0.2) is 29.5 Å². The van der Waals surface area contributed by atoms with Gasteiger partial charge in [0.1, 0.15) is 19.0 Å². The molecule has 1 atom stereocenters. The number of hydrogen-bond acceptors (Lipinski definition) is 7. The molecule has 9 nitrogen and oxygen atoms in total. The maximum atomic E-state index is 10.2. The monoisotopic (exact) mass is 258 g/mol. The van der Waals surface area contributed by atoms with Gasteiger partial charge in [-0.2, -0.15) is 0 Å². The number of para-hydroxylation sites is 1. The Kier molecular flexibility index (Phi) is 5.16. The van der Waals surface area contributed by atoms with E-state index in [0.29, 0.717) is 5.75 Å². The van der Waals surface area contributed by atoms with Gasteiger partial charge in [0.25, 0.3) is 10.2 Å². The molecule has 18 heavy (non-hydrogen) atoms. The molecule has 0 N–H and O–H groups in total. The van der Waals surface area contributed by atoms with Crippen LogP contribution in [0, 0.1) is 20.2 Å². The summed E-state index contributed by atoms with van der Waals surface area (Å²) in [5.74, 6) is 0.468. The molecule has 0 aromatic heterocycles. The van der Waals surface area contributed by atoms with Crippen LogP contribution in [0.25, 0.3) is 0 Å². The van der Waals surface area contributed by atoms with E-state index < -0.39 is 22.9 Å². The first-order valence-electron chi connectivity index (χ1n) is 4.84. The number of benzene rings is 1. The maximum absolute atomic E-state index is 10.2. The number of hydrogen-bond donors (Lipinski definition) is 0. The van der Waals surface area contributed by atoms with Gasteiger partial charge in [0.15, 0.2) is 6.10 Å². The van der Waals surface area contributed by atoms with Crippen molar-refractivity contribution in [3.63, 3.8) is 0 Å². The Labute approximate surface area is 101 Å². The first kappa shape index (κ1) is 13.5. The molecule has 98 valence electrons. The molecule has 1 aromatic carbocycles. The molecule has 0 radical (unpaired) electrons. The van der Waals surface area contributed by atoms with Crippen LogP contribution < -0.4 is 4.74 Å². The van der Waals surface area contributed by atoms with Gasteiger partial charge in [-0.25, -0.2) is 0 Å². The standard InChI is InChI=1S/C9H10N2O7/c12-10(13)17-7-9(18-11(14)15)6-16-8-4-2-1-3-5-8/h1-5,9H,6-7H2. The van der Waals surface area contributed by atoms with Crippen LogP contribution in [0.5, 0.6) is 5.75 Å². The lowest BCUT2D eigenvalue weighted by molar-refractivity contribution is -0.790. The van der Waals surface area contributed by atoms with Crippen molar-refractivity contribution in [3.05, 3.63) is 50.6 Å². The minimum atomic E-state index is -1.18. The zero-order valence-corrected chi connectivity index (χ0v) is 9.13. The highest BCUT2D eigenvalue weighted by Crippen LogP contribution is 2.09. The second-order valence-corrected chi connectivity index (χ2v) is 3.09. The zero-order chi connectivity index (χ0) is 13.4. The predicted molar refractivity (Wildman–Crippen MR) is 56.8 cm³/mol. The fourth-order valence-corrected chi connectivity index (χ4v) is 1.08. The Morgan fingerprint density at radius 2 is 1.72 bits per heavy atom. The van der Waals surface area contributed by atoms with Crippen molar-refractivity contribution >= 4 is 0 Å². The molecule has 0 fully saturated rings. The summed E-state index contributed by atoms with van der Waals surface area (Å²) in [7, 11) is 0. The highest BCUT2D eigenvalue weighted by Gasteiger charge is 2.16. The number of nitrogens with zero attached hydrogens (tertiary/aromatic N) is 2. The minimum absolute atomic E-state index is 0.237. The van der Waals surface area contributed by atoms with Crippen LogP contribution in [0.3, 0.4) is 0 Å². The lowest BCUT2D eigenvalue weighted by Crippen LogP contribution is -2.30. The van der Waals surface area contributed by atoms with Gasteiger partial charge in [-0.1, -0.05) is 18.2 Å². The lowest BCUT2D eigenvalue weighted by atomic mass is 10.3. The summed E-state index contributed by atoms with van der Waals surface area (Å²) in [6.07, 6.45) is -1.18. The van der Waals surface area contributed by atoms with Gasteiger partial charge in [-0.05, 0) is 12.1 Å². The van der Waals surface area contributed by atoms with Crippen molar-refractivity contribution in [1.82, 2.24) is 0 Å². The van der Waals surface area contributed by atoms with Gasteiger partial charge in [0.2, 0.25) is 0 Å². The molecule has 9 heteroatoms. The first-order valence-corrected chi connectivity index (χ1v) is 4.84. The number of ether oxygens (including phenoxy) is 1. The highest BCUT2D eigenvalue weighted by molar-refractivity contribution is 5.20. The van der Waals surface area contributed by atoms with Crippen molar-refractivity contribution in [2.24, 2.45) is 0 Å². The van der Waals surface area contributed by atoms with Gasteiger partial charge in [0.05, 0.1) is 0 Å². The summed E-state index contributed by atoms with van der Waals surface area (Å²) >= 11 is 0. The molecule has 0 bridgehead atoms. The molecule has 0 spiro atoms. The third-order valence-corrected chi connectivity index (χ3v) is 1.78. The smallest absolute Gasteiger partial charge is 0.294 e. The quantitative estimate of drug-likeness (QED) is 0.501.